The minimum atomic E-state index is -0.264. The fraction of sp³-hybridized carbons (Fsp3) is 0.250. The van der Waals surface area contributed by atoms with E-state index in [0.717, 1.165) is 11.1 Å². The van der Waals surface area contributed by atoms with Gasteiger partial charge in [0.05, 0.1) is 6.42 Å². The van der Waals surface area contributed by atoms with Crippen molar-refractivity contribution in [3.05, 3.63) is 76.7 Å². The summed E-state index contributed by atoms with van der Waals surface area (Å²) in [7, 11) is 0. The van der Waals surface area contributed by atoms with E-state index in [9.17, 15) is 4.79 Å². The van der Waals surface area contributed by atoms with Crippen molar-refractivity contribution in [1.29, 1.82) is 0 Å². The molecule has 0 aliphatic heterocycles. The second kappa shape index (κ2) is 7.30. The number of carbonyl (C=O) groups excluding carboxylic acids is 1. The number of hydrogen-bond acceptors (Lipinski definition) is 4. The number of anilines is 1. The lowest BCUT2D eigenvalue weighted by Gasteiger charge is -2.05. The number of aryl methyl sites for hydroxylation is 1. The smallest absolute Gasteiger partial charge is 0.322 e. The lowest BCUT2D eigenvalue weighted by Crippen LogP contribution is -2.12. The largest absolute Gasteiger partial charge is 0.407 e. The molecule has 3 rings (SSSR count). The maximum atomic E-state index is 12.2. The van der Waals surface area contributed by atoms with Crippen LogP contribution in [-0.2, 0) is 6.42 Å². The molecular formula is C20H21N3O2. The molecule has 0 spiro atoms. The third-order valence-electron chi connectivity index (χ3n) is 3.97. The van der Waals surface area contributed by atoms with E-state index in [1.807, 2.05) is 25.1 Å². The highest BCUT2D eigenvalue weighted by Crippen LogP contribution is 2.17. The Kier molecular flexibility index (Phi) is 4.93. The Bertz CT molecular complexity index is 867. The number of carbonyl (C=O) groups is 1. The molecule has 0 aliphatic carbocycles. The Hall–Kier alpha value is -2.95. The van der Waals surface area contributed by atoms with Gasteiger partial charge in [-0.2, -0.15) is 0 Å². The van der Waals surface area contributed by atoms with Gasteiger partial charge < -0.3 is 4.42 Å². The minimum absolute atomic E-state index is 0.111. The molecule has 5 heteroatoms. The monoisotopic (exact) mass is 335 g/mol. The summed E-state index contributed by atoms with van der Waals surface area (Å²) in [5.41, 5.74) is 3.96. The zero-order valence-corrected chi connectivity index (χ0v) is 14.6. The number of aromatic nitrogens is 2. The second-order valence-corrected chi connectivity index (χ2v) is 6.40. The van der Waals surface area contributed by atoms with Gasteiger partial charge in [0.25, 0.3) is 5.91 Å². The summed E-state index contributed by atoms with van der Waals surface area (Å²) in [5, 5.41) is 10.5. The molecular weight excluding hydrogens is 314 g/mol. The zero-order chi connectivity index (χ0) is 17.8. The Balaban J connectivity index is 1.65. The van der Waals surface area contributed by atoms with E-state index in [1.54, 1.807) is 6.07 Å². The van der Waals surface area contributed by atoms with Crippen molar-refractivity contribution in [1.82, 2.24) is 10.2 Å². The maximum Gasteiger partial charge on any atom is 0.322 e. The van der Waals surface area contributed by atoms with E-state index in [2.05, 4.69) is 53.6 Å². The van der Waals surface area contributed by atoms with Crippen molar-refractivity contribution in [3.8, 4) is 0 Å². The Morgan fingerprint density at radius 2 is 1.88 bits per heavy atom. The van der Waals surface area contributed by atoms with Gasteiger partial charge in [-0.15, -0.1) is 5.10 Å². The Labute approximate surface area is 147 Å². The summed E-state index contributed by atoms with van der Waals surface area (Å²) >= 11 is 0. The van der Waals surface area contributed by atoms with Crippen molar-refractivity contribution in [2.75, 3.05) is 5.32 Å². The molecule has 0 saturated heterocycles. The SMILES string of the molecule is Cc1cccc(C(=O)Nc2nnc(Cc3ccc(C(C)C)cc3)o2)c1. The van der Waals surface area contributed by atoms with Crippen molar-refractivity contribution in [2.24, 2.45) is 0 Å². The summed E-state index contributed by atoms with van der Waals surface area (Å²) in [6.07, 6.45) is 0.533. The normalized spacial score (nSPS) is 10.9. The summed E-state index contributed by atoms with van der Waals surface area (Å²) in [6, 6.07) is 15.8. The van der Waals surface area contributed by atoms with Crippen LogP contribution in [0.2, 0.25) is 0 Å². The van der Waals surface area contributed by atoms with Gasteiger partial charge in [-0.25, -0.2) is 0 Å². The van der Waals surface area contributed by atoms with Gasteiger partial charge in [0.2, 0.25) is 5.89 Å². The van der Waals surface area contributed by atoms with Gasteiger partial charge in [-0.05, 0) is 36.1 Å². The van der Waals surface area contributed by atoms with Gasteiger partial charge in [0.15, 0.2) is 0 Å². The van der Waals surface area contributed by atoms with Gasteiger partial charge >= 0.3 is 6.01 Å². The summed E-state index contributed by atoms with van der Waals surface area (Å²) in [6.45, 7) is 6.26. The quantitative estimate of drug-likeness (QED) is 0.753. The molecule has 1 N–H and O–H groups in total. The second-order valence-electron chi connectivity index (χ2n) is 6.40. The van der Waals surface area contributed by atoms with Crippen LogP contribution >= 0.6 is 0 Å². The number of nitrogens with zero attached hydrogens (tertiary/aromatic N) is 2. The van der Waals surface area contributed by atoms with E-state index in [1.165, 1.54) is 5.56 Å². The molecule has 1 aromatic heterocycles. The van der Waals surface area contributed by atoms with Crippen molar-refractivity contribution < 1.29 is 9.21 Å². The van der Waals surface area contributed by atoms with E-state index in [-0.39, 0.29) is 11.9 Å². The van der Waals surface area contributed by atoms with Gasteiger partial charge in [-0.3, -0.25) is 10.1 Å². The van der Waals surface area contributed by atoms with Crippen LogP contribution in [0, 0.1) is 6.92 Å². The maximum absolute atomic E-state index is 12.2. The highest BCUT2D eigenvalue weighted by atomic mass is 16.4. The first-order chi connectivity index (χ1) is 12.0. The first-order valence-corrected chi connectivity index (χ1v) is 8.30. The van der Waals surface area contributed by atoms with Crippen LogP contribution in [-0.4, -0.2) is 16.1 Å². The highest BCUT2D eigenvalue weighted by molar-refractivity contribution is 6.03. The molecule has 0 bridgehead atoms. The predicted molar refractivity (Wildman–Crippen MR) is 96.8 cm³/mol. The lowest BCUT2D eigenvalue weighted by molar-refractivity contribution is 0.102. The molecule has 0 atom stereocenters. The summed E-state index contributed by atoms with van der Waals surface area (Å²) in [4.78, 5) is 12.2. The standard InChI is InChI=1S/C20H21N3O2/c1-13(2)16-9-7-15(8-10-16)12-18-22-23-20(25-18)21-19(24)17-6-4-5-14(3)11-17/h4-11,13H,12H2,1-3H3,(H,21,23,24). The summed E-state index contributed by atoms with van der Waals surface area (Å²) < 4.78 is 5.53. The van der Waals surface area contributed by atoms with E-state index in [4.69, 9.17) is 4.42 Å². The highest BCUT2D eigenvalue weighted by Gasteiger charge is 2.12. The van der Waals surface area contributed by atoms with Crippen LogP contribution in [0.15, 0.2) is 52.9 Å². The zero-order valence-electron chi connectivity index (χ0n) is 14.6. The topological polar surface area (TPSA) is 68.0 Å². The summed E-state index contributed by atoms with van der Waals surface area (Å²) in [5.74, 6) is 0.706. The molecule has 5 nitrogen and oxygen atoms in total. The molecule has 1 heterocycles. The van der Waals surface area contributed by atoms with Crippen LogP contribution in [0.3, 0.4) is 0 Å². The van der Waals surface area contributed by atoms with Gasteiger partial charge in [-0.1, -0.05) is 60.9 Å². The number of hydrogen-bond donors (Lipinski definition) is 1. The number of amides is 1. The molecule has 3 aromatic rings. The molecule has 0 saturated carbocycles. The molecule has 128 valence electrons. The molecule has 25 heavy (non-hydrogen) atoms. The van der Waals surface area contributed by atoms with E-state index in [0.29, 0.717) is 23.8 Å². The van der Waals surface area contributed by atoms with Crippen LogP contribution in [0.4, 0.5) is 6.01 Å². The van der Waals surface area contributed by atoms with E-state index < -0.39 is 0 Å². The predicted octanol–water partition coefficient (Wildman–Crippen LogP) is 4.34. The van der Waals surface area contributed by atoms with Crippen LogP contribution in [0.5, 0.6) is 0 Å². The third-order valence-corrected chi connectivity index (χ3v) is 3.97. The van der Waals surface area contributed by atoms with Crippen molar-refractivity contribution in [3.63, 3.8) is 0 Å². The number of nitrogens with one attached hydrogen (secondary N) is 1. The Morgan fingerprint density at radius 3 is 2.56 bits per heavy atom. The number of benzene rings is 2. The van der Waals surface area contributed by atoms with Crippen LogP contribution in [0.25, 0.3) is 0 Å². The molecule has 0 unspecified atom stereocenters. The van der Waals surface area contributed by atoms with Crippen LogP contribution < -0.4 is 5.32 Å². The van der Waals surface area contributed by atoms with Crippen molar-refractivity contribution in [2.45, 2.75) is 33.1 Å². The average molecular weight is 335 g/mol. The number of rotatable bonds is 5. The first-order valence-electron chi connectivity index (χ1n) is 8.30. The van der Waals surface area contributed by atoms with Crippen molar-refractivity contribution >= 4 is 11.9 Å². The molecule has 0 fully saturated rings. The lowest BCUT2D eigenvalue weighted by atomic mass is 10.0. The fourth-order valence-corrected chi connectivity index (χ4v) is 2.53. The first kappa shape index (κ1) is 16.9. The van der Waals surface area contributed by atoms with E-state index >= 15 is 0 Å². The average Bonchev–Trinajstić information content (AvgIpc) is 3.02. The van der Waals surface area contributed by atoms with Gasteiger partial charge in [0, 0.05) is 5.56 Å². The molecule has 1 amide bonds. The molecule has 0 radical (unpaired) electrons. The molecule has 0 aliphatic rings. The van der Waals surface area contributed by atoms with Gasteiger partial charge in [0.1, 0.15) is 0 Å². The Morgan fingerprint density at radius 1 is 1.12 bits per heavy atom. The fourth-order valence-electron chi connectivity index (χ4n) is 2.53. The minimum Gasteiger partial charge on any atom is -0.407 e. The third kappa shape index (κ3) is 4.32. The van der Waals surface area contributed by atoms with Crippen LogP contribution in [0.1, 0.15) is 52.7 Å². The molecule has 2 aromatic carbocycles.